The number of rotatable bonds is 3. The van der Waals surface area contributed by atoms with Crippen LogP contribution in [0.15, 0.2) is 60.7 Å². The summed E-state index contributed by atoms with van der Waals surface area (Å²) in [5, 5.41) is 1.88. The second kappa shape index (κ2) is 7.04. The van der Waals surface area contributed by atoms with Crippen LogP contribution in [0.3, 0.4) is 0 Å². The van der Waals surface area contributed by atoms with Crippen molar-refractivity contribution >= 4 is 28.4 Å². The van der Waals surface area contributed by atoms with E-state index in [0.29, 0.717) is 28.6 Å². The quantitative estimate of drug-likeness (QED) is 0.452. The van der Waals surface area contributed by atoms with Gasteiger partial charge in [-0.1, -0.05) is 48.0 Å². The molecule has 0 saturated carbocycles. The second-order valence-corrected chi connectivity index (χ2v) is 8.66. The van der Waals surface area contributed by atoms with Gasteiger partial charge in [0.1, 0.15) is 0 Å². The maximum absolute atomic E-state index is 13.7. The molecule has 6 heteroatoms. The summed E-state index contributed by atoms with van der Waals surface area (Å²) in [5.74, 6) is 1.04. The van der Waals surface area contributed by atoms with Crippen LogP contribution in [-0.2, 0) is 0 Å². The Morgan fingerprint density at radius 3 is 2.53 bits per heavy atom. The Labute approximate surface area is 190 Å². The predicted molar refractivity (Wildman–Crippen MR) is 124 cm³/mol. The van der Waals surface area contributed by atoms with Crippen LogP contribution in [0.25, 0.3) is 10.9 Å². The molecule has 1 N–H and O–H groups in total. The third kappa shape index (κ3) is 2.55. The van der Waals surface area contributed by atoms with Crippen LogP contribution in [0.5, 0.6) is 11.5 Å². The molecule has 3 aromatic carbocycles. The number of aromatic amines is 1. The summed E-state index contributed by atoms with van der Waals surface area (Å²) in [4.78, 5) is 19.3. The zero-order valence-corrected chi connectivity index (χ0v) is 18.4. The van der Waals surface area contributed by atoms with Gasteiger partial charge in [-0.05, 0) is 41.0 Å². The lowest BCUT2D eigenvalue weighted by molar-refractivity contribution is 0.0725. The molecule has 0 aliphatic carbocycles. The van der Waals surface area contributed by atoms with Gasteiger partial charge in [0.05, 0.1) is 25.8 Å². The van der Waals surface area contributed by atoms with Crippen LogP contribution in [0.4, 0.5) is 0 Å². The van der Waals surface area contributed by atoms with Crippen molar-refractivity contribution < 1.29 is 14.3 Å². The number of aromatic nitrogens is 1. The van der Waals surface area contributed by atoms with Crippen molar-refractivity contribution in [2.75, 3.05) is 20.8 Å². The van der Waals surface area contributed by atoms with Gasteiger partial charge in [-0.2, -0.15) is 0 Å². The van der Waals surface area contributed by atoms with Gasteiger partial charge in [-0.15, -0.1) is 0 Å². The van der Waals surface area contributed by atoms with E-state index >= 15 is 0 Å². The highest BCUT2D eigenvalue weighted by Gasteiger charge is 2.47. The monoisotopic (exact) mass is 444 g/mol. The number of amides is 1. The summed E-state index contributed by atoms with van der Waals surface area (Å²) in [6.07, 6.45) is 0. The fourth-order valence-electron chi connectivity index (χ4n) is 5.35. The Morgan fingerprint density at radius 2 is 1.78 bits per heavy atom. The summed E-state index contributed by atoms with van der Waals surface area (Å²) in [6, 6.07) is 19.9. The van der Waals surface area contributed by atoms with Crippen molar-refractivity contribution in [3.8, 4) is 11.5 Å². The number of para-hydroxylation sites is 1. The lowest BCUT2D eigenvalue weighted by atomic mass is 9.83. The third-order valence-electron chi connectivity index (χ3n) is 6.71. The number of H-pyrrole nitrogens is 1. The van der Waals surface area contributed by atoms with E-state index in [1.807, 2.05) is 35.2 Å². The molecule has 0 spiro atoms. The van der Waals surface area contributed by atoms with E-state index in [1.54, 1.807) is 14.2 Å². The molecule has 2 atom stereocenters. The summed E-state index contributed by atoms with van der Waals surface area (Å²) < 4.78 is 11.1. The van der Waals surface area contributed by atoms with Gasteiger partial charge in [0, 0.05) is 34.1 Å². The molecule has 2 unspecified atom stereocenters. The van der Waals surface area contributed by atoms with Crippen LogP contribution in [-0.4, -0.2) is 36.6 Å². The third-order valence-corrected chi connectivity index (χ3v) is 6.96. The number of hydrogen-bond acceptors (Lipinski definition) is 3. The molecule has 1 amide bonds. The summed E-state index contributed by atoms with van der Waals surface area (Å²) >= 11 is 6.16. The van der Waals surface area contributed by atoms with E-state index in [1.165, 1.54) is 10.9 Å². The van der Waals surface area contributed by atoms with Gasteiger partial charge in [-0.3, -0.25) is 4.79 Å². The minimum absolute atomic E-state index is 0.0285. The van der Waals surface area contributed by atoms with E-state index in [0.717, 1.165) is 22.3 Å². The van der Waals surface area contributed by atoms with E-state index in [4.69, 9.17) is 21.1 Å². The van der Waals surface area contributed by atoms with Crippen molar-refractivity contribution in [2.45, 2.75) is 12.0 Å². The first-order valence-electron chi connectivity index (χ1n) is 10.5. The number of hydrogen-bond donors (Lipinski definition) is 1. The highest BCUT2D eigenvalue weighted by molar-refractivity contribution is 6.30. The molecule has 160 valence electrons. The Hall–Kier alpha value is -3.44. The second-order valence-electron chi connectivity index (χ2n) is 8.23. The zero-order valence-electron chi connectivity index (χ0n) is 17.7. The van der Waals surface area contributed by atoms with Crippen molar-refractivity contribution in [3.05, 3.63) is 93.6 Å². The number of methoxy groups -OCH3 is 2. The maximum Gasteiger partial charge on any atom is 0.259 e. The number of ether oxygens (including phenoxy) is 2. The van der Waals surface area contributed by atoms with E-state index in [-0.39, 0.29) is 17.9 Å². The van der Waals surface area contributed by atoms with Crippen LogP contribution in [0.1, 0.15) is 44.7 Å². The van der Waals surface area contributed by atoms with Crippen LogP contribution in [0.2, 0.25) is 5.02 Å². The van der Waals surface area contributed by atoms with Gasteiger partial charge in [-0.25, -0.2) is 0 Å². The summed E-state index contributed by atoms with van der Waals surface area (Å²) in [6.45, 7) is 0.570. The molecule has 5 nitrogen and oxygen atoms in total. The van der Waals surface area contributed by atoms with Crippen LogP contribution in [0, 0.1) is 0 Å². The van der Waals surface area contributed by atoms with Crippen LogP contribution >= 0.6 is 11.6 Å². The molecule has 6 rings (SSSR count). The molecule has 0 radical (unpaired) electrons. The van der Waals surface area contributed by atoms with Crippen molar-refractivity contribution in [1.29, 1.82) is 0 Å². The SMILES string of the molecule is COc1ccc2c(c1OC)C(=O)N1CC(c3ccc(Cl)cc3)c3c([nH]c4ccccc34)C21. The minimum Gasteiger partial charge on any atom is -0.493 e. The highest BCUT2D eigenvalue weighted by atomic mass is 35.5. The predicted octanol–water partition coefficient (Wildman–Crippen LogP) is 5.53. The van der Waals surface area contributed by atoms with Crippen molar-refractivity contribution in [3.63, 3.8) is 0 Å². The highest BCUT2D eigenvalue weighted by Crippen LogP contribution is 2.52. The van der Waals surface area contributed by atoms with Gasteiger partial charge >= 0.3 is 0 Å². The standard InChI is InChI=1S/C26H21ClN2O3/c1-31-20-12-11-17-22(25(20)32-2)26(30)29-13-18(14-7-9-15(27)10-8-14)21-16-5-3-4-6-19(16)28-23(21)24(17)29/h3-12,18,24,28H,13H2,1-2H3. The van der Waals surface area contributed by atoms with Gasteiger partial charge in [0.25, 0.3) is 5.91 Å². The average Bonchev–Trinajstić information content (AvgIpc) is 3.34. The Bertz CT molecular complexity index is 1380. The molecule has 2 aliphatic heterocycles. The molecule has 4 aromatic rings. The zero-order chi connectivity index (χ0) is 22.0. The first-order valence-corrected chi connectivity index (χ1v) is 10.9. The fourth-order valence-corrected chi connectivity index (χ4v) is 5.48. The van der Waals surface area contributed by atoms with Gasteiger partial charge in [0.15, 0.2) is 11.5 Å². The number of benzene rings is 3. The molecule has 32 heavy (non-hydrogen) atoms. The Kier molecular flexibility index (Phi) is 4.24. The van der Waals surface area contributed by atoms with Crippen LogP contribution < -0.4 is 9.47 Å². The summed E-state index contributed by atoms with van der Waals surface area (Å²) in [7, 11) is 3.16. The molecule has 0 fully saturated rings. The number of nitrogens with one attached hydrogen (secondary N) is 1. The van der Waals surface area contributed by atoms with Crippen molar-refractivity contribution in [2.24, 2.45) is 0 Å². The normalized spacial score (nSPS) is 19.0. The molecular weight excluding hydrogens is 424 g/mol. The number of fused-ring (bicyclic) bond motifs is 7. The minimum atomic E-state index is -0.191. The van der Waals surface area contributed by atoms with Crippen molar-refractivity contribution in [1.82, 2.24) is 9.88 Å². The number of carbonyl (C=O) groups excluding carboxylic acids is 1. The van der Waals surface area contributed by atoms with E-state index in [9.17, 15) is 4.79 Å². The molecule has 1 aromatic heterocycles. The number of carbonyl (C=O) groups is 1. The topological polar surface area (TPSA) is 54.6 Å². The molecule has 0 saturated heterocycles. The Balaban J connectivity index is 1.61. The molecule has 3 heterocycles. The lowest BCUT2D eigenvalue weighted by Crippen LogP contribution is -2.37. The Morgan fingerprint density at radius 1 is 1.00 bits per heavy atom. The first kappa shape index (κ1) is 19.3. The van der Waals surface area contributed by atoms with Gasteiger partial charge in [0.2, 0.25) is 0 Å². The lowest BCUT2D eigenvalue weighted by Gasteiger charge is -2.36. The largest absolute Gasteiger partial charge is 0.493 e. The smallest absolute Gasteiger partial charge is 0.259 e. The molecule has 0 bridgehead atoms. The van der Waals surface area contributed by atoms with E-state index < -0.39 is 0 Å². The summed E-state index contributed by atoms with van der Waals surface area (Å²) in [5.41, 5.74) is 6.01. The fraction of sp³-hybridized carbons (Fsp3) is 0.192. The van der Waals surface area contributed by atoms with E-state index in [2.05, 4.69) is 35.3 Å². The van der Waals surface area contributed by atoms with Gasteiger partial charge < -0.3 is 19.4 Å². The average molecular weight is 445 g/mol. The number of nitrogens with zero attached hydrogens (tertiary/aromatic N) is 1. The molecular formula is C26H21ClN2O3. The molecule has 2 aliphatic rings. The maximum atomic E-state index is 13.7. The first-order chi connectivity index (χ1) is 15.6. The number of halogens is 1.